The molecule has 25 heavy (non-hydrogen) atoms. The molecule has 0 bridgehead atoms. The third-order valence-corrected chi connectivity index (χ3v) is 5.44. The lowest BCUT2D eigenvalue weighted by atomic mass is 10.00. The number of nitrogens with one attached hydrogen (secondary N) is 1. The third kappa shape index (κ3) is 4.75. The molecule has 0 spiro atoms. The molecule has 0 radical (unpaired) electrons. The molecular weight excluding hydrogens is 310 g/mol. The Morgan fingerprint density at radius 1 is 1.04 bits per heavy atom. The highest BCUT2D eigenvalue weighted by Crippen LogP contribution is 2.26. The third-order valence-electron chi connectivity index (χ3n) is 5.44. The van der Waals surface area contributed by atoms with Gasteiger partial charge in [-0.15, -0.1) is 0 Å². The van der Waals surface area contributed by atoms with Gasteiger partial charge in [-0.25, -0.2) is 0 Å². The number of carbonyl (C=O) groups is 1. The Hall–Kier alpha value is -1.55. The number of benzene rings is 1. The number of piperidine rings is 1. The van der Waals surface area contributed by atoms with Gasteiger partial charge in [-0.05, 0) is 62.8 Å². The number of rotatable bonds is 6. The number of nitrogens with zero attached hydrogens (tertiary/aromatic N) is 2. The second-order valence-electron chi connectivity index (χ2n) is 8.12. The predicted molar refractivity (Wildman–Crippen MR) is 105 cm³/mol. The Bertz CT molecular complexity index is 561. The summed E-state index contributed by atoms with van der Waals surface area (Å²) in [7, 11) is 0. The lowest BCUT2D eigenvalue weighted by molar-refractivity contribution is -0.117. The molecule has 0 unspecified atom stereocenters. The molecule has 3 rings (SSSR count). The van der Waals surface area contributed by atoms with Crippen molar-refractivity contribution in [2.45, 2.75) is 65.0 Å². The van der Waals surface area contributed by atoms with Crippen LogP contribution < -0.4 is 15.1 Å². The van der Waals surface area contributed by atoms with E-state index in [1.54, 1.807) is 0 Å². The average molecular weight is 344 g/mol. The largest absolute Gasteiger partial charge is 0.371 e. The summed E-state index contributed by atoms with van der Waals surface area (Å²) >= 11 is 0. The van der Waals surface area contributed by atoms with E-state index in [-0.39, 0.29) is 5.91 Å². The quantitative estimate of drug-likeness (QED) is 0.853. The number of carbonyl (C=O) groups excluding carboxylic acids is 1. The topological polar surface area (TPSA) is 35.6 Å². The average Bonchev–Trinajstić information content (AvgIpc) is 3.01. The summed E-state index contributed by atoms with van der Waals surface area (Å²) in [6, 6.07) is 9.81. The molecule has 4 heteroatoms. The fourth-order valence-corrected chi connectivity index (χ4v) is 4.25. The van der Waals surface area contributed by atoms with Crippen LogP contribution in [0.1, 0.15) is 52.9 Å². The lowest BCUT2D eigenvalue weighted by Crippen LogP contribution is -2.45. The Balaban J connectivity index is 1.50. The highest BCUT2D eigenvalue weighted by Gasteiger charge is 2.23. The van der Waals surface area contributed by atoms with E-state index < -0.39 is 0 Å². The SMILES string of the molecule is CC(C)C[C@@H](C)NC1CCN(c2ccc(N3CCCC3=O)cc2)CC1. The highest BCUT2D eigenvalue weighted by molar-refractivity contribution is 5.95. The van der Waals surface area contributed by atoms with Gasteiger partial charge in [0.15, 0.2) is 0 Å². The van der Waals surface area contributed by atoms with Crippen LogP contribution >= 0.6 is 0 Å². The van der Waals surface area contributed by atoms with Crippen molar-refractivity contribution in [3.8, 4) is 0 Å². The van der Waals surface area contributed by atoms with Gasteiger partial charge in [0.2, 0.25) is 5.91 Å². The van der Waals surface area contributed by atoms with E-state index in [0.29, 0.717) is 18.5 Å². The van der Waals surface area contributed by atoms with Gasteiger partial charge in [0.05, 0.1) is 0 Å². The van der Waals surface area contributed by atoms with Crippen LogP contribution in [0, 0.1) is 5.92 Å². The Kier molecular flexibility index (Phi) is 6.00. The standard InChI is InChI=1S/C21H33N3O/c1-16(2)15-17(3)22-18-10-13-23(14-11-18)19-6-8-20(9-7-19)24-12-4-5-21(24)25/h6-9,16-18,22H,4-5,10-15H2,1-3H3/t17-/m1/s1. The Morgan fingerprint density at radius 2 is 1.68 bits per heavy atom. The molecule has 2 saturated heterocycles. The number of amides is 1. The molecule has 1 amide bonds. The summed E-state index contributed by atoms with van der Waals surface area (Å²) in [5.74, 6) is 1.01. The van der Waals surface area contributed by atoms with Gasteiger partial charge in [-0.3, -0.25) is 4.79 Å². The summed E-state index contributed by atoms with van der Waals surface area (Å²) in [4.78, 5) is 16.2. The van der Waals surface area contributed by atoms with E-state index in [9.17, 15) is 4.79 Å². The first-order valence-corrected chi connectivity index (χ1v) is 9.94. The van der Waals surface area contributed by atoms with Crippen LogP contribution in [0.3, 0.4) is 0 Å². The van der Waals surface area contributed by atoms with Crippen molar-refractivity contribution in [2.75, 3.05) is 29.4 Å². The van der Waals surface area contributed by atoms with Crippen molar-refractivity contribution >= 4 is 17.3 Å². The van der Waals surface area contributed by atoms with E-state index in [1.807, 2.05) is 4.90 Å². The van der Waals surface area contributed by atoms with Gasteiger partial charge in [0.25, 0.3) is 0 Å². The van der Waals surface area contributed by atoms with Crippen molar-refractivity contribution in [3.05, 3.63) is 24.3 Å². The molecule has 1 atom stereocenters. The second-order valence-corrected chi connectivity index (χ2v) is 8.12. The van der Waals surface area contributed by atoms with Gasteiger partial charge in [0, 0.05) is 49.5 Å². The van der Waals surface area contributed by atoms with E-state index >= 15 is 0 Å². The first-order chi connectivity index (χ1) is 12.0. The fourth-order valence-electron chi connectivity index (χ4n) is 4.25. The molecule has 2 fully saturated rings. The molecule has 138 valence electrons. The lowest BCUT2D eigenvalue weighted by Gasteiger charge is -2.35. The van der Waals surface area contributed by atoms with E-state index in [0.717, 1.165) is 37.7 Å². The first-order valence-electron chi connectivity index (χ1n) is 9.94. The molecule has 0 aromatic heterocycles. The van der Waals surface area contributed by atoms with Crippen LogP contribution in [0.25, 0.3) is 0 Å². The molecule has 4 nitrogen and oxygen atoms in total. The van der Waals surface area contributed by atoms with Crippen LogP contribution in [0.5, 0.6) is 0 Å². The Labute approximate surface area is 152 Å². The van der Waals surface area contributed by atoms with Crippen molar-refractivity contribution < 1.29 is 4.79 Å². The van der Waals surface area contributed by atoms with Crippen molar-refractivity contribution in [1.29, 1.82) is 0 Å². The maximum absolute atomic E-state index is 11.9. The number of anilines is 2. The number of hydrogen-bond donors (Lipinski definition) is 1. The van der Waals surface area contributed by atoms with Gasteiger partial charge in [-0.1, -0.05) is 13.8 Å². The molecule has 0 saturated carbocycles. The van der Waals surface area contributed by atoms with Crippen LogP contribution in [0.2, 0.25) is 0 Å². The molecule has 2 heterocycles. The normalized spacial score (nSPS) is 20.6. The van der Waals surface area contributed by atoms with Gasteiger partial charge < -0.3 is 15.1 Å². The van der Waals surface area contributed by atoms with E-state index in [2.05, 4.69) is 55.3 Å². The van der Waals surface area contributed by atoms with Crippen LogP contribution in [-0.2, 0) is 4.79 Å². The zero-order valence-corrected chi connectivity index (χ0v) is 16.0. The minimum absolute atomic E-state index is 0.259. The molecule has 1 N–H and O–H groups in total. The summed E-state index contributed by atoms with van der Waals surface area (Å²) in [6.07, 6.45) is 5.33. The van der Waals surface area contributed by atoms with Gasteiger partial charge in [-0.2, -0.15) is 0 Å². The molecule has 2 aliphatic rings. The van der Waals surface area contributed by atoms with E-state index in [4.69, 9.17) is 0 Å². The van der Waals surface area contributed by atoms with Crippen LogP contribution in [0.15, 0.2) is 24.3 Å². The Morgan fingerprint density at radius 3 is 2.24 bits per heavy atom. The second kappa shape index (κ2) is 8.22. The highest BCUT2D eigenvalue weighted by atomic mass is 16.2. The molecule has 1 aromatic carbocycles. The summed E-state index contributed by atoms with van der Waals surface area (Å²) in [5, 5.41) is 3.80. The van der Waals surface area contributed by atoms with E-state index in [1.165, 1.54) is 24.9 Å². The molecule has 1 aromatic rings. The molecule has 0 aliphatic carbocycles. The maximum Gasteiger partial charge on any atom is 0.227 e. The minimum atomic E-state index is 0.259. The molecule has 2 aliphatic heterocycles. The first kappa shape index (κ1) is 18.2. The van der Waals surface area contributed by atoms with Gasteiger partial charge >= 0.3 is 0 Å². The van der Waals surface area contributed by atoms with Crippen molar-refractivity contribution in [3.63, 3.8) is 0 Å². The zero-order chi connectivity index (χ0) is 17.8. The van der Waals surface area contributed by atoms with Crippen molar-refractivity contribution in [2.24, 2.45) is 5.92 Å². The van der Waals surface area contributed by atoms with Crippen LogP contribution in [-0.4, -0.2) is 37.6 Å². The molecular formula is C21H33N3O. The number of hydrogen-bond acceptors (Lipinski definition) is 3. The van der Waals surface area contributed by atoms with Crippen LogP contribution in [0.4, 0.5) is 11.4 Å². The van der Waals surface area contributed by atoms with Crippen molar-refractivity contribution in [1.82, 2.24) is 5.32 Å². The fraction of sp³-hybridized carbons (Fsp3) is 0.667. The summed E-state index contributed by atoms with van der Waals surface area (Å²) in [5.41, 5.74) is 2.33. The monoisotopic (exact) mass is 343 g/mol. The smallest absolute Gasteiger partial charge is 0.227 e. The summed E-state index contributed by atoms with van der Waals surface area (Å²) < 4.78 is 0. The van der Waals surface area contributed by atoms with Gasteiger partial charge in [0.1, 0.15) is 0 Å². The summed E-state index contributed by atoms with van der Waals surface area (Å²) in [6.45, 7) is 9.97. The predicted octanol–water partition coefficient (Wildman–Crippen LogP) is 3.81. The maximum atomic E-state index is 11.9. The zero-order valence-electron chi connectivity index (χ0n) is 16.0. The minimum Gasteiger partial charge on any atom is -0.371 e.